The molecule has 2 fully saturated rings. The molecule has 100 valence electrons. The average Bonchev–Trinajstić information content (AvgIpc) is 2.81. The Labute approximate surface area is 111 Å². The van der Waals surface area contributed by atoms with Crippen molar-refractivity contribution in [3.63, 3.8) is 0 Å². The van der Waals surface area contributed by atoms with Crippen molar-refractivity contribution in [2.75, 3.05) is 18.0 Å². The standard InChI is InChI=1S/C15H16F2N2/c1-2-3-10-4-5-12(6-11(10)7-18)19-8-13-14(9-19)15(13,16)17/h4-6,13-14H,2-3,8-9H2,1H3. The van der Waals surface area contributed by atoms with E-state index >= 15 is 0 Å². The second-order valence-corrected chi connectivity index (χ2v) is 5.50. The summed E-state index contributed by atoms with van der Waals surface area (Å²) in [4.78, 5) is 1.98. The number of hydrogen-bond donors (Lipinski definition) is 0. The second-order valence-electron chi connectivity index (χ2n) is 5.50. The van der Waals surface area contributed by atoms with E-state index in [4.69, 9.17) is 5.26 Å². The van der Waals surface area contributed by atoms with Crippen molar-refractivity contribution in [2.45, 2.75) is 25.7 Å². The number of halogens is 2. The molecule has 1 saturated carbocycles. The van der Waals surface area contributed by atoms with E-state index in [2.05, 4.69) is 13.0 Å². The Balaban J connectivity index is 1.79. The SMILES string of the molecule is CCCc1ccc(N2CC3C(C2)C3(F)F)cc1C#N. The third kappa shape index (κ3) is 1.88. The fourth-order valence-electron chi connectivity index (χ4n) is 3.07. The first-order valence-electron chi connectivity index (χ1n) is 6.73. The first-order valence-corrected chi connectivity index (χ1v) is 6.73. The maximum absolute atomic E-state index is 13.2. The number of benzene rings is 1. The van der Waals surface area contributed by atoms with Crippen LogP contribution < -0.4 is 4.90 Å². The number of alkyl halides is 2. The quantitative estimate of drug-likeness (QED) is 0.836. The van der Waals surface area contributed by atoms with Gasteiger partial charge in [0.25, 0.3) is 5.92 Å². The molecule has 0 aromatic heterocycles. The summed E-state index contributed by atoms with van der Waals surface area (Å²) in [6.45, 7) is 2.90. The van der Waals surface area contributed by atoms with Crippen LogP contribution in [0, 0.1) is 23.2 Å². The predicted molar refractivity (Wildman–Crippen MR) is 69.3 cm³/mol. The zero-order chi connectivity index (χ0) is 13.6. The smallest absolute Gasteiger partial charge is 0.258 e. The lowest BCUT2D eigenvalue weighted by Crippen LogP contribution is -2.27. The number of aryl methyl sites for hydroxylation is 1. The van der Waals surface area contributed by atoms with Gasteiger partial charge in [-0.05, 0) is 24.1 Å². The summed E-state index contributed by atoms with van der Waals surface area (Å²) >= 11 is 0. The van der Waals surface area contributed by atoms with Gasteiger partial charge in [-0.2, -0.15) is 5.26 Å². The normalized spacial score (nSPS) is 26.9. The average molecular weight is 262 g/mol. The van der Waals surface area contributed by atoms with E-state index in [1.807, 2.05) is 23.1 Å². The van der Waals surface area contributed by atoms with Crippen LogP contribution in [0.1, 0.15) is 24.5 Å². The number of fused-ring (bicyclic) bond motifs is 1. The molecule has 0 spiro atoms. The zero-order valence-electron chi connectivity index (χ0n) is 10.9. The molecule has 4 heteroatoms. The summed E-state index contributed by atoms with van der Waals surface area (Å²) in [5.41, 5.74) is 2.62. The molecule has 1 aromatic carbocycles. The van der Waals surface area contributed by atoms with Gasteiger partial charge >= 0.3 is 0 Å². The van der Waals surface area contributed by atoms with Gasteiger partial charge in [0, 0.05) is 18.8 Å². The molecule has 0 radical (unpaired) electrons. The van der Waals surface area contributed by atoms with E-state index in [9.17, 15) is 8.78 Å². The Hall–Kier alpha value is -1.63. The van der Waals surface area contributed by atoms with Crippen LogP contribution in [-0.4, -0.2) is 19.0 Å². The van der Waals surface area contributed by atoms with Gasteiger partial charge in [0.1, 0.15) is 0 Å². The molecule has 19 heavy (non-hydrogen) atoms. The Bertz CT molecular complexity index is 534. The lowest BCUT2D eigenvalue weighted by atomic mass is 10.0. The molecule has 2 unspecified atom stereocenters. The number of hydrogen-bond acceptors (Lipinski definition) is 2. The van der Waals surface area contributed by atoms with Crippen LogP contribution in [0.5, 0.6) is 0 Å². The van der Waals surface area contributed by atoms with Crippen LogP contribution in [0.15, 0.2) is 18.2 Å². The molecule has 2 nitrogen and oxygen atoms in total. The maximum atomic E-state index is 13.2. The summed E-state index contributed by atoms with van der Waals surface area (Å²) in [6.07, 6.45) is 1.88. The van der Waals surface area contributed by atoms with Crippen molar-refractivity contribution in [2.24, 2.45) is 11.8 Å². The predicted octanol–water partition coefficient (Wildman–Crippen LogP) is 3.21. The Morgan fingerprint density at radius 2 is 2.05 bits per heavy atom. The van der Waals surface area contributed by atoms with Crippen molar-refractivity contribution in [3.8, 4) is 6.07 Å². The van der Waals surface area contributed by atoms with Crippen LogP contribution in [-0.2, 0) is 6.42 Å². The third-order valence-corrected chi connectivity index (χ3v) is 4.30. The van der Waals surface area contributed by atoms with Crippen LogP contribution >= 0.6 is 0 Å². The van der Waals surface area contributed by atoms with E-state index in [1.165, 1.54) is 0 Å². The summed E-state index contributed by atoms with van der Waals surface area (Å²) in [7, 11) is 0. The van der Waals surface area contributed by atoms with E-state index in [0.29, 0.717) is 18.7 Å². The number of nitriles is 1. The van der Waals surface area contributed by atoms with Gasteiger partial charge in [-0.3, -0.25) is 0 Å². The van der Waals surface area contributed by atoms with Crippen molar-refractivity contribution in [3.05, 3.63) is 29.3 Å². The van der Waals surface area contributed by atoms with Crippen LogP contribution in [0.2, 0.25) is 0 Å². The van der Waals surface area contributed by atoms with Crippen molar-refractivity contribution >= 4 is 5.69 Å². The maximum Gasteiger partial charge on any atom is 0.258 e. The Morgan fingerprint density at radius 1 is 1.37 bits per heavy atom. The van der Waals surface area contributed by atoms with Gasteiger partial charge < -0.3 is 4.90 Å². The molecule has 0 N–H and O–H groups in total. The van der Waals surface area contributed by atoms with Gasteiger partial charge in [-0.1, -0.05) is 19.4 Å². The highest BCUT2D eigenvalue weighted by atomic mass is 19.3. The molecule has 1 heterocycles. The molecule has 1 saturated heterocycles. The van der Waals surface area contributed by atoms with Crippen molar-refractivity contribution < 1.29 is 8.78 Å². The lowest BCUT2D eigenvalue weighted by Gasteiger charge is -2.22. The highest BCUT2D eigenvalue weighted by Gasteiger charge is 2.71. The number of anilines is 1. The Kier molecular flexibility index (Phi) is 2.74. The number of piperidine rings is 1. The highest BCUT2D eigenvalue weighted by Crippen LogP contribution is 2.59. The number of rotatable bonds is 3. The van der Waals surface area contributed by atoms with Gasteiger partial charge in [0.15, 0.2) is 0 Å². The Morgan fingerprint density at radius 3 is 2.63 bits per heavy atom. The van der Waals surface area contributed by atoms with Gasteiger partial charge in [0.05, 0.1) is 23.5 Å². The molecule has 0 amide bonds. The highest BCUT2D eigenvalue weighted by molar-refractivity contribution is 5.56. The van der Waals surface area contributed by atoms with Gasteiger partial charge in [0.2, 0.25) is 0 Å². The number of nitrogens with zero attached hydrogens (tertiary/aromatic N) is 2. The molecular weight excluding hydrogens is 246 g/mol. The fraction of sp³-hybridized carbons (Fsp3) is 0.533. The monoisotopic (exact) mass is 262 g/mol. The minimum atomic E-state index is -2.45. The topological polar surface area (TPSA) is 27.0 Å². The summed E-state index contributed by atoms with van der Waals surface area (Å²) in [6, 6.07) is 7.96. The first-order chi connectivity index (χ1) is 9.07. The summed E-state index contributed by atoms with van der Waals surface area (Å²) in [5.74, 6) is -3.40. The lowest BCUT2D eigenvalue weighted by molar-refractivity contribution is 0.0798. The molecular formula is C15H16F2N2. The van der Waals surface area contributed by atoms with Gasteiger partial charge in [-0.25, -0.2) is 8.78 Å². The summed E-state index contributed by atoms with van der Waals surface area (Å²) < 4.78 is 26.3. The minimum absolute atomic E-state index is 0.412. The van der Waals surface area contributed by atoms with E-state index in [0.717, 1.165) is 24.1 Å². The zero-order valence-corrected chi connectivity index (χ0v) is 10.9. The largest absolute Gasteiger partial charge is 0.370 e. The molecule has 1 aliphatic heterocycles. The fourth-order valence-corrected chi connectivity index (χ4v) is 3.07. The second kappa shape index (κ2) is 4.19. The van der Waals surface area contributed by atoms with E-state index in [-0.39, 0.29) is 0 Å². The van der Waals surface area contributed by atoms with Crippen LogP contribution in [0.3, 0.4) is 0 Å². The van der Waals surface area contributed by atoms with E-state index in [1.54, 1.807) is 0 Å². The molecule has 0 bridgehead atoms. The molecule has 3 rings (SSSR count). The third-order valence-electron chi connectivity index (χ3n) is 4.30. The van der Waals surface area contributed by atoms with Crippen LogP contribution in [0.25, 0.3) is 0 Å². The molecule has 1 aromatic rings. The van der Waals surface area contributed by atoms with Crippen molar-refractivity contribution in [1.82, 2.24) is 0 Å². The van der Waals surface area contributed by atoms with Gasteiger partial charge in [-0.15, -0.1) is 0 Å². The van der Waals surface area contributed by atoms with Crippen LogP contribution in [0.4, 0.5) is 14.5 Å². The summed E-state index contributed by atoms with van der Waals surface area (Å²) in [5, 5.41) is 9.17. The minimum Gasteiger partial charge on any atom is -0.370 e. The first kappa shape index (κ1) is 12.4. The van der Waals surface area contributed by atoms with Crippen molar-refractivity contribution in [1.29, 1.82) is 5.26 Å². The molecule has 2 aliphatic rings. The van der Waals surface area contributed by atoms with E-state index < -0.39 is 17.8 Å². The molecule has 1 aliphatic carbocycles. The molecule has 2 atom stereocenters.